The second kappa shape index (κ2) is 4.50. The van der Waals surface area contributed by atoms with Crippen LogP contribution in [0, 0.1) is 5.82 Å². The summed E-state index contributed by atoms with van der Waals surface area (Å²) in [7, 11) is 1.26. The minimum absolute atomic E-state index is 0.232. The number of aliphatic carboxylic acids is 1. The van der Waals surface area contributed by atoms with Gasteiger partial charge in [-0.15, -0.1) is 11.3 Å². The third-order valence-corrected chi connectivity index (χ3v) is 3.14. The number of carbonyl (C=O) groups is 1. The molecule has 1 heterocycles. The molecule has 0 spiro atoms. The lowest BCUT2D eigenvalue weighted by Crippen LogP contribution is -2.14. The van der Waals surface area contributed by atoms with Crippen LogP contribution in [-0.4, -0.2) is 23.9 Å². The van der Waals surface area contributed by atoms with Crippen LogP contribution < -0.4 is 0 Å². The molecule has 6 heteroatoms. The summed E-state index contributed by atoms with van der Waals surface area (Å²) in [5.74, 6) is -1.63. The molecule has 0 bridgehead atoms. The quantitative estimate of drug-likeness (QED) is 0.675. The fourth-order valence-corrected chi connectivity index (χ4v) is 2.41. The van der Waals surface area contributed by atoms with E-state index in [0.29, 0.717) is 10.9 Å². The van der Waals surface area contributed by atoms with Gasteiger partial charge in [0, 0.05) is 21.0 Å². The highest BCUT2D eigenvalue weighted by Gasteiger charge is 2.18. The van der Waals surface area contributed by atoms with Crippen LogP contribution in [-0.2, 0) is 9.63 Å². The third kappa shape index (κ3) is 2.12. The summed E-state index contributed by atoms with van der Waals surface area (Å²) < 4.78 is 13.9. The summed E-state index contributed by atoms with van der Waals surface area (Å²) in [5.41, 5.74) is 0.128. The Hall–Kier alpha value is -1.95. The van der Waals surface area contributed by atoms with Crippen LogP contribution in [0.3, 0.4) is 0 Å². The molecule has 0 aliphatic heterocycles. The minimum atomic E-state index is -1.21. The predicted octanol–water partition coefficient (Wildman–Crippen LogP) is 2.48. The van der Waals surface area contributed by atoms with Gasteiger partial charge in [0.25, 0.3) is 0 Å². The van der Waals surface area contributed by atoms with Crippen molar-refractivity contribution in [1.82, 2.24) is 0 Å². The second-order valence-electron chi connectivity index (χ2n) is 3.22. The molecule has 2 rings (SSSR count). The van der Waals surface area contributed by atoms with Crippen LogP contribution in [0.2, 0.25) is 0 Å². The average Bonchev–Trinajstić information content (AvgIpc) is 2.68. The van der Waals surface area contributed by atoms with Crippen LogP contribution in [0.25, 0.3) is 10.1 Å². The van der Waals surface area contributed by atoms with Crippen molar-refractivity contribution in [3.8, 4) is 0 Å². The number of oxime groups is 1. The van der Waals surface area contributed by atoms with E-state index in [1.54, 1.807) is 11.4 Å². The van der Waals surface area contributed by atoms with Crippen LogP contribution in [0.1, 0.15) is 5.56 Å². The number of benzene rings is 1. The molecule has 1 aromatic carbocycles. The fourth-order valence-electron chi connectivity index (χ4n) is 1.48. The van der Waals surface area contributed by atoms with E-state index < -0.39 is 11.8 Å². The molecule has 4 nitrogen and oxygen atoms in total. The minimum Gasteiger partial charge on any atom is -0.476 e. The van der Waals surface area contributed by atoms with Crippen LogP contribution in [0.4, 0.5) is 4.39 Å². The van der Waals surface area contributed by atoms with E-state index in [2.05, 4.69) is 9.99 Å². The number of hydrogen-bond donors (Lipinski definition) is 1. The first kappa shape index (κ1) is 11.5. The van der Waals surface area contributed by atoms with Crippen LogP contribution in [0.5, 0.6) is 0 Å². The topological polar surface area (TPSA) is 58.9 Å². The Labute approximate surface area is 99.9 Å². The van der Waals surface area contributed by atoms with Crippen LogP contribution in [0.15, 0.2) is 28.7 Å². The monoisotopic (exact) mass is 253 g/mol. The number of fused-ring (bicyclic) bond motifs is 1. The summed E-state index contributed by atoms with van der Waals surface area (Å²) >= 11 is 1.33. The molecular weight excluding hydrogens is 245 g/mol. The van der Waals surface area contributed by atoms with E-state index in [0.717, 1.165) is 4.70 Å². The molecule has 1 N–H and O–H groups in total. The Morgan fingerprint density at radius 3 is 2.94 bits per heavy atom. The maximum absolute atomic E-state index is 13.1. The predicted molar refractivity (Wildman–Crippen MR) is 63.0 cm³/mol. The number of carboxylic acids is 1. The molecule has 0 amide bonds. The van der Waals surface area contributed by atoms with Gasteiger partial charge in [-0.3, -0.25) is 0 Å². The van der Waals surface area contributed by atoms with Crippen molar-refractivity contribution in [2.75, 3.05) is 7.11 Å². The van der Waals surface area contributed by atoms with Gasteiger partial charge in [0.15, 0.2) is 5.71 Å². The second-order valence-corrected chi connectivity index (χ2v) is 4.13. The summed E-state index contributed by atoms with van der Waals surface area (Å²) in [6.07, 6.45) is 0. The van der Waals surface area contributed by atoms with Gasteiger partial charge in [0.1, 0.15) is 12.9 Å². The van der Waals surface area contributed by atoms with Gasteiger partial charge in [-0.25, -0.2) is 9.18 Å². The first-order chi connectivity index (χ1) is 8.13. The molecule has 0 unspecified atom stereocenters. The molecule has 0 saturated heterocycles. The van der Waals surface area contributed by atoms with Crippen molar-refractivity contribution in [1.29, 1.82) is 0 Å². The summed E-state index contributed by atoms with van der Waals surface area (Å²) in [5, 5.41) is 14.6. The lowest BCUT2D eigenvalue weighted by Gasteiger charge is -1.99. The first-order valence-corrected chi connectivity index (χ1v) is 5.53. The van der Waals surface area contributed by atoms with Crippen molar-refractivity contribution in [2.45, 2.75) is 0 Å². The van der Waals surface area contributed by atoms with Gasteiger partial charge < -0.3 is 9.94 Å². The Bertz CT molecular complexity index is 606. The number of thiophene rings is 1. The molecule has 0 fully saturated rings. The number of hydrogen-bond acceptors (Lipinski definition) is 4. The molecular formula is C11H8FNO3S. The van der Waals surface area contributed by atoms with Crippen molar-refractivity contribution < 1.29 is 19.1 Å². The lowest BCUT2D eigenvalue weighted by atomic mass is 10.1. The molecule has 0 aliphatic carbocycles. The normalized spacial score (nSPS) is 11.8. The highest BCUT2D eigenvalue weighted by atomic mass is 32.1. The molecule has 0 saturated carbocycles. The molecule has 2 aromatic rings. The Morgan fingerprint density at radius 2 is 2.29 bits per heavy atom. The smallest absolute Gasteiger partial charge is 0.358 e. The maximum Gasteiger partial charge on any atom is 0.358 e. The highest BCUT2D eigenvalue weighted by Crippen LogP contribution is 2.27. The number of halogens is 1. The van der Waals surface area contributed by atoms with E-state index in [-0.39, 0.29) is 5.71 Å². The van der Waals surface area contributed by atoms with E-state index in [4.69, 9.17) is 5.11 Å². The van der Waals surface area contributed by atoms with Gasteiger partial charge in [0.05, 0.1) is 0 Å². The van der Waals surface area contributed by atoms with Crippen molar-refractivity contribution in [3.63, 3.8) is 0 Å². The molecule has 17 heavy (non-hydrogen) atoms. The molecule has 0 aliphatic rings. The standard InChI is InChI=1S/C11H8FNO3S/c1-16-13-10(11(14)15)8-5-17-9-3-2-6(12)4-7(8)9/h2-5H,1H3,(H,14,15)/b13-10+. The Kier molecular flexibility index (Phi) is 3.06. The maximum atomic E-state index is 13.1. The van der Waals surface area contributed by atoms with Gasteiger partial charge >= 0.3 is 5.97 Å². The first-order valence-electron chi connectivity index (χ1n) is 4.65. The lowest BCUT2D eigenvalue weighted by molar-refractivity contribution is -0.129. The summed E-state index contributed by atoms with van der Waals surface area (Å²) in [6, 6.07) is 4.22. The third-order valence-electron chi connectivity index (χ3n) is 2.18. The Balaban J connectivity index is 2.65. The zero-order valence-electron chi connectivity index (χ0n) is 8.81. The SMILES string of the molecule is CO/N=C(/C(=O)O)c1csc2ccc(F)cc12. The number of carboxylic acid groups (broad SMARTS) is 1. The van der Waals surface area contributed by atoms with E-state index in [1.807, 2.05) is 0 Å². The number of nitrogens with zero attached hydrogens (tertiary/aromatic N) is 1. The van der Waals surface area contributed by atoms with Gasteiger partial charge in [-0.2, -0.15) is 0 Å². The van der Waals surface area contributed by atoms with E-state index in [1.165, 1.54) is 30.6 Å². The molecule has 1 aromatic heterocycles. The average molecular weight is 253 g/mol. The number of rotatable bonds is 3. The zero-order chi connectivity index (χ0) is 12.4. The van der Waals surface area contributed by atoms with Gasteiger partial charge in [0.2, 0.25) is 0 Å². The largest absolute Gasteiger partial charge is 0.476 e. The van der Waals surface area contributed by atoms with E-state index >= 15 is 0 Å². The van der Waals surface area contributed by atoms with Crippen LogP contribution >= 0.6 is 11.3 Å². The van der Waals surface area contributed by atoms with Gasteiger partial charge in [-0.1, -0.05) is 5.16 Å². The Morgan fingerprint density at radius 1 is 1.53 bits per heavy atom. The summed E-state index contributed by atoms with van der Waals surface area (Å²) in [6.45, 7) is 0. The summed E-state index contributed by atoms with van der Waals surface area (Å²) in [4.78, 5) is 15.5. The fraction of sp³-hybridized carbons (Fsp3) is 0.0909. The molecule has 88 valence electrons. The van der Waals surface area contributed by atoms with Gasteiger partial charge in [-0.05, 0) is 18.2 Å². The van der Waals surface area contributed by atoms with Crippen molar-refractivity contribution in [3.05, 3.63) is 35.0 Å². The highest BCUT2D eigenvalue weighted by molar-refractivity contribution is 7.17. The zero-order valence-corrected chi connectivity index (χ0v) is 9.62. The van der Waals surface area contributed by atoms with Crippen molar-refractivity contribution in [2.24, 2.45) is 5.16 Å². The molecule has 0 atom stereocenters. The van der Waals surface area contributed by atoms with Crippen molar-refractivity contribution >= 4 is 33.1 Å². The molecule has 0 radical (unpaired) electrons. The van der Waals surface area contributed by atoms with E-state index in [9.17, 15) is 9.18 Å².